The molecule has 3 unspecified atom stereocenters. The van der Waals surface area contributed by atoms with Gasteiger partial charge in [0.1, 0.15) is 6.10 Å². The van der Waals surface area contributed by atoms with Crippen LogP contribution in [0.3, 0.4) is 0 Å². The Balaban J connectivity index is 2.53. The van der Waals surface area contributed by atoms with Gasteiger partial charge in [-0.3, -0.25) is 4.79 Å². The van der Waals surface area contributed by atoms with E-state index in [1.54, 1.807) is 6.92 Å². The van der Waals surface area contributed by atoms with E-state index in [0.29, 0.717) is 19.0 Å². The molecule has 3 N–H and O–H groups in total. The molecule has 1 aliphatic carbocycles. The highest BCUT2D eigenvalue weighted by atomic mass is 16.5. The molecule has 1 fully saturated rings. The zero-order chi connectivity index (χ0) is 12.2. The van der Waals surface area contributed by atoms with Crippen molar-refractivity contribution in [3.05, 3.63) is 0 Å². The van der Waals surface area contributed by atoms with Crippen LogP contribution in [0.25, 0.3) is 0 Å². The van der Waals surface area contributed by atoms with Gasteiger partial charge in [-0.2, -0.15) is 0 Å². The molecule has 0 aliphatic heterocycles. The van der Waals surface area contributed by atoms with Crippen molar-refractivity contribution in [1.29, 1.82) is 0 Å². The quantitative estimate of drug-likeness (QED) is 0.739. The van der Waals surface area contributed by atoms with Gasteiger partial charge in [0.25, 0.3) is 0 Å². The third kappa shape index (κ3) is 3.19. The molecule has 0 heterocycles. The topological polar surface area (TPSA) is 64.3 Å². The molecule has 0 radical (unpaired) electrons. The highest BCUT2D eigenvalue weighted by Crippen LogP contribution is 2.37. The van der Waals surface area contributed by atoms with Gasteiger partial charge in [-0.1, -0.05) is 6.92 Å². The standard InChI is InChI=1S/C12H24N2O2/c1-4-14-11(15)10(3)16-12(8-13)6-5-9(2)7-12/h9-10H,4-8,13H2,1-3H3,(H,14,15). The van der Waals surface area contributed by atoms with E-state index in [0.717, 1.165) is 19.3 Å². The number of nitrogens with one attached hydrogen (secondary N) is 1. The maximum atomic E-state index is 11.6. The summed E-state index contributed by atoms with van der Waals surface area (Å²) in [5.74, 6) is 0.597. The van der Waals surface area contributed by atoms with Gasteiger partial charge >= 0.3 is 0 Å². The molecule has 4 heteroatoms. The Labute approximate surface area is 97.9 Å². The number of hydrogen-bond donors (Lipinski definition) is 2. The van der Waals surface area contributed by atoms with Crippen molar-refractivity contribution in [2.75, 3.05) is 13.1 Å². The molecule has 0 aromatic heterocycles. The summed E-state index contributed by atoms with van der Waals surface area (Å²) < 4.78 is 5.90. The van der Waals surface area contributed by atoms with Crippen LogP contribution in [0.5, 0.6) is 0 Å². The van der Waals surface area contributed by atoms with E-state index in [-0.39, 0.29) is 11.5 Å². The molecule has 0 saturated heterocycles. The molecule has 1 saturated carbocycles. The first-order chi connectivity index (χ1) is 7.53. The van der Waals surface area contributed by atoms with E-state index in [4.69, 9.17) is 10.5 Å². The predicted molar refractivity (Wildman–Crippen MR) is 64.0 cm³/mol. The molecule has 1 aliphatic rings. The lowest BCUT2D eigenvalue weighted by molar-refractivity contribution is -0.144. The average molecular weight is 228 g/mol. The van der Waals surface area contributed by atoms with Crippen LogP contribution >= 0.6 is 0 Å². The predicted octanol–water partition coefficient (Wildman–Crippen LogP) is 1.05. The molecule has 3 atom stereocenters. The maximum Gasteiger partial charge on any atom is 0.248 e. The number of hydrogen-bond acceptors (Lipinski definition) is 3. The largest absolute Gasteiger partial charge is 0.361 e. The van der Waals surface area contributed by atoms with E-state index >= 15 is 0 Å². The fourth-order valence-corrected chi connectivity index (χ4v) is 2.44. The molecule has 0 bridgehead atoms. The Hall–Kier alpha value is -0.610. The lowest BCUT2D eigenvalue weighted by Crippen LogP contribution is -2.45. The van der Waals surface area contributed by atoms with Crippen molar-refractivity contribution >= 4 is 5.91 Å². The van der Waals surface area contributed by atoms with Crippen LogP contribution in [0.1, 0.15) is 40.0 Å². The molecule has 94 valence electrons. The first kappa shape index (κ1) is 13.5. The van der Waals surface area contributed by atoms with Gasteiger partial charge in [0.2, 0.25) is 5.91 Å². The highest BCUT2D eigenvalue weighted by molar-refractivity contribution is 5.80. The second-order valence-corrected chi connectivity index (χ2v) is 4.89. The number of carbonyl (C=O) groups is 1. The van der Waals surface area contributed by atoms with Crippen molar-refractivity contribution in [3.63, 3.8) is 0 Å². The van der Waals surface area contributed by atoms with Gasteiger partial charge in [0.05, 0.1) is 5.60 Å². The Morgan fingerprint density at radius 3 is 2.81 bits per heavy atom. The maximum absolute atomic E-state index is 11.6. The molecule has 16 heavy (non-hydrogen) atoms. The fraction of sp³-hybridized carbons (Fsp3) is 0.917. The second-order valence-electron chi connectivity index (χ2n) is 4.89. The normalized spacial score (nSPS) is 31.4. The number of amides is 1. The zero-order valence-corrected chi connectivity index (χ0v) is 10.6. The first-order valence-electron chi connectivity index (χ1n) is 6.18. The van der Waals surface area contributed by atoms with Gasteiger partial charge < -0.3 is 15.8 Å². The summed E-state index contributed by atoms with van der Waals surface area (Å²) in [5.41, 5.74) is 5.52. The minimum atomic E-state index is -0.409. The van der Waals surface area contributed by atoms with Gasteiger partial charge in [-0.15, -0.1) is 0 Å². The van der Waals surface area contributed by atoms with Crippen LogP contribution in [-0.4, -0.2) is 30.7 Å². The number of carbonyl (C=O) groups excluding carboxylic acids is 1. The Morgan fingerprint density at radius 2 is 2.38 bits per heavy atom. The van der Waals surface area contributed by atoms with Crippen LogP contribution in [0, 0.1) is 5.92 Å². The molecular weight excluding hydrogens is 204 g/mol. The van der Waals surface area contributed by atoms with Crippen molar-refractivity contribution in [2.45, 2.75) is 51.7 Å². The zero-order valence-electron chi connectivity index (χ0n) is 10.6. The van der Waals surface area contributed by atoms with Crippen molar-refractivity contribution in [2.24, 2.45) is 11.7 Å². The van der Waals surface area contributed by atoms with Gasteiger partial charge in [-0.25, -0.2) is 0 Å². The molecule has 4 nitrogen and oxygen atoms in total. The summed E-state index contributed by atoms with van der Waals surface area (Å²) >= 11 is 0. The molecular formula is C12H24N2O2. The summed E-state index contributed by atoms with van der Waals surface area (Å²) in [6.45, 7) is 7.05. The van der Waals surface area contributed by atoms with Crippen molar-refractivity contribution in [1.82, 2.24) is 5.32 Å². The van der Waals surface area contributed by atoms with Gasteiger partial charge in [0, 0.05) is 13.1 Å². The Bertz CT molecular complexity index is 245. The number of likely N-dealkylation sites (N-methyl/N-ethyl adjacent to an activating group) is 1. The monoisotopic (exact) mass is 228 g/mol. The number of rotatable bonds is 5. The van der Waals surface area contributed by atoms with Crippen molar-refractivity contribution in [3.8, 4) is 0 Å². The minimum Gasteiger partial charge on any atom is -0.361 e. The van der Waals surface area contributed by atoms with Crippen LogP contribution in [0.15, 0.2) is 0 Å². The molecule has 1 rings (SSSR count). The van der Waals surface area contributed by atoms with Crippen LogP contribution < -0.4 is 11.1 Å². The Kier molecular flexibility index (Phi) is 4.74. The van der Waals surface area contributed by atoms with Gasteiger partial charge in [-0.05, 0) is 39.0 Å². The number of nitrogens with two attached hydrogens (primary N) is 1. The van der Waals surface area contributed by atoms with E-state index in [9.17, 15) is 4.79 Å². The second kappa shape index (κ2) is 5.64. The third-order valence-electron chi connectivity index (χ3n) is 3.33. The van der Waals surface area contributed by atoms with Gasteiger partial charge in [0.15, 0.2) is 0 Å². The van der Waals surface area contributed by atoms with E-state index < -0.39 is 6.10 Å². The fourth-order valence-electron chi connectivity index (χ4n) is 2.44. The SMILES string of the molecule is CCNC(=O)C(C)OC1(CN)CCC(C)C1. The summed E-state index contributed by atoms with van der Waals surface area (Å²) in [6.07, 6.45) is 2.66. The molecule has 0 aromatic rings. The lowest BCUT2D eigenvalue weighted by Gasteiger charge is -2.31. The summed E-state index contributed by atoms with van der Waals surface area (Å²) in [4.78, 5) is 11.6. The van der Waals surface area contributed by atoms with Crippen LogP contribution in [0.2, 0.25) is 0 Å². The van der Waals surface area contributed by atoms with E-state index in [1.165, 1.54) is 0 Å². The van der Waals surface area contributed by atoms with Crippen molar-refractivity contribution < 1.29 is 9.53 Å². The molecule has 0 spiro atoms. The van der Waals surface area contributed by atoms with Crippen LogP contribution in [0.4, 0.5) is 0 Å². The summed E-state index contributed by atoms with van der Waals surface area (Å²) in [6, 6.07) is 0. The first-order valence-corrected chi connectivity index (χ1v) is 6.18. The number of ether oxygens (including phenoxy) is 1. The highest BCUT2D eigenvalue weighted by Gasteiger charge is 2.39. The summed E-state index contributed by atoms with van der Waals surface area (Å²) in [5, 5.41) is 2.77. The molecule has 0 aromatic carbocycles. The minimum absolute atomic E-state index is 0.0464. The third-order valence-corrected chi connectivity index (χ3v) is 3.33. The summed E-state index contributed by atoms with van der Waals surface area (Å²) in [7, 11) is 0. The van der Waals surface area contributed by atoms with Crippen LogP contribution in [-0.2, 0) is 9.53 Å². The smallest absolute Gasteiger partial charge is 0.248 e. The average Bonchev–Trinajstić information content (AvgIpc) is 2.61. The van der Waals surface area contributed by atoms with E-state index in [2.05, 4.69) is 12.2 Å². The lowest BCUT2D eigenvalue weighted by atomic mass is 10.0. The van der Waals surface area contributed by atoms with E-state index in [1.807, 2.05) is 6.92 Å². The Morgan fingerprint density at radius 1 is 1.69 bits per heavy atom. The molecule has 1 amide bonds.